The fraction of sp³-hybridized carbons (Fsp3) is 0.0175. The molecule has 0 N–H and O–H groups in total. The number of halogens is 2. The van der Waals surface area contributed by atoms with E-state index in [9.17, 15) is 0 Å². The normalized spacial score (nSPS) is 14.3. The summed E-state index contributed by atoms with van der Waals surface area (Å²) in [6.45, 7) is 8.02. The molecule has 119 heavy (non-hydrogen) atoms. The van der Waals surface area contributed by atoms with Crippen LogP contribution in [0.1, 0.15) is 55.6 Å². The Hall–Kier alpha value is -14.9. The SMILES string of the molecule is C=Cc1ccc(-c2ccc(C3(c4ccc(F)cc4)c4ccccc4-c4ccc(N(c5ccc(-c6cccc(-c7ccccc7)c6)cc5)c5ccc6sc7ccc(N(c8ccc(-c9cccc(-c%10ccccc%10)c9)cc8)c8ccc9c(c8)C(c8ccc(F)cc8)(c8ccc(-c%10ccc(C=C)cc%10)cc8)c8ccccc8-9)cc7c6c5)cc43)cc2)cc1. The fourth-order valence-corrected chi connectivity index (χ4v) is 19.9. The van der Waals surface area contributed by atoms with Gasteiger partial charge in [-0.3, -0.25) is 0 Å². The van der Waals surface area contributed by atoms with Crippen LogP contribution in [0.2, 0.25) is 0 Å². The van der Waals surface area contributed by atoms with E-state index in [0.29, 0.717) is 0 Å². The zero-order valence-corrected chi connectivity index (χ0v) is 65.9. The molecule has 1 aromatic heterocycles. The number of nitrogens with zero attached hydrogens (tertiary/aromatic N) is 2. The van der Waals surface area contributed by atoms with E-state index in [1.54, 1.807) is 35.6 Å². The number of fused-ring (bicyclic) bond motifs is 9. The Bertz CT molecular complexity index is 6670. The van der Waals surface area contributed by atoms with Crippen molar-refractivity contribution in [2.24, 2.45) is 0 Å². The Morgan fingerprint density at radius 2 is 0.487 bits per heavy atom. The molecule has 0 aliphatic heterocycles. The second kappa shape index (κ2) is 29.8. The third-order valence-corrected chi connectivity index (χ3v) is 25.7. The summed E-state index contributed by atoms with van der Waals surface area (Å²) in [4.78, 5) is 4.83. The highest BCUT2D eigenvalue weighted by molar-refractivity contribution is 7.25. The van der Waals surface area contributed by atoms with E-state index < -0.39 is 10.8 Å². The summed E-state index contributed by atoms with van der Waals surface area (Å²) in [5.41, 5.74) is 32.8. The predicted octanol–water partition coefficient (Wildman–Crippen LogP) is 31.3. The maximum Gasteiger partial charge on any atom is 0.123 e. The molecule has 0 radical (unpaired) electrons. The van der Waals surface area contributed by atoms with Crippen molar-refractivity contribution in [3.8, 4) is 89.0 Å². The Morgan fingerprint density at radius 1 is 0.218 bits per heavy atom. The molecule has 21 rings (SSSR count). The van der Waals surface area contributed by atoms with Crippen LogP contribution in [0, 0.1) is 11.6 Å². The molecule has 2 atom stereocenters. The molecule has 2 nitrogen and oxygen atoms in total. The molecule has 0 saturated heterocycles. The monoisotopic (exact) mass is 1540 g/mol. The first-order valence-electron chi connectivity index (χ1n) is 40.4. The molecule has 0 amide bonds. The molecule has 5 heteroatoms. The van der Waals surface area contributed by atoms with Gasteiger partial charge in [-0.05, 0) is 266 Å². The summed E-state index contributed by atoms with van der Waals surface area (Å²) in [5, 5.41) is 2.23. The van der Waals surface area contributed by atoms with Crippen LogP contribution in [0.5, 0.6) is 0 Å². The number of benzene rings is 18. The van der Waals surface area contributed by atoms with Crippen molar-refractivity contribution in [1.82, 2.24) is 0 Å². The molecule has 1 heterocycles. The zero-order chi connectivity index (χ0) is 79.7. The lowest BCUT2D eigenvalue weighted by Gasteiger charge is -2.35. The molecule has 19 aromatic rings. The molecule has 0 bridgehead atoms. The predicted molar refractivity (Wildman–Crippen MR) is 496 cm³/mol. The van der Waals surface area contributed by atoms with Crippen LogP contribution in [0.15, 0.2) is 438 Å². The summed E-state index contributed by atoms with van der Waals surface area (Å²) < 4.78 is 33.4. The third kappa shape index (κ3) is 12.4. The highest BCUT2D eigenvalue weighted by Crippen LogP contribution is 2.60. The Morgan fingerprint density at radius 3 is 0.849 bits per heavy atom. The number of rotatable bonds is 18. The fourth-order valence-electron chi connectivity index (χ4n) is 18.8. The Kier molecular flexibility index (Phi) is 18.0. The van der Waals surface area contributed by atoms with Crippen molar-refractivity contribution in [1.29, 1.82) is 0 Å². The second-order valence-corrected chi connectivity index (χ2v) is 32.1. The first-order chi connectivity index (χ1) is 58.6. The van der Waals surface area contributed by atoms with Crippen molar-refractivity contribution in [3.63, 3.8) is 0 Å². The minimum atomic E-state index is -0.861. The molecular weight excluding hydrogens is 1470 g/mol. The van der Waals surface area contributed by atoms with Crippen molar-refractivity contribution in [2.75, 3.05) is 9.80 Å². The van der Waals surface area contributed by atoms with E-state index in [2.05, 4.69) is 399 Å². The van der Waals surface area contributed by atoms with Crippen LogP contribution < -0.4 is 9.80 Å². The van der Waals surface area contributed by atoms with Gasteiger partial charge in [0.05, 0.1) is 10.8 Å². The van der Waals surface area contributed by atoms with Crippen LogP contribution in [-0.4, -0.2) is 0 Å². The highest BCUT2D eigenvalue weighted by atomic mass is 32.1. The summed E-state index contributed by atoms with van der Waals surface area (Å²) in [5.74, 6) is -0.583. The second-order valence-electron chi connectivity index (χ2n) is 31.0. The quantitative estimate of drug-likeness (QED) is 0.0845. The van der Waals surface area contributed by atoms with E-state index in [4.69, 9.17) is 0 Å². The number of hydrogen-bond acceptors (Lipinski definition) is 3. The summed E-state index contributed by atoms with van der Waals surface area (Å²) in [7, 11) is 0. The van der Waals surface area contributed by atoms with Crippen LogP contribution in [0.4, 0.5) is 42.9 Å². The van der Waals surface area contributed by atoms with Gasteiger partial charge >= 0.3 is 0 Å². The van der Waals surface area contributed by atoms with Gasteiger partial charge < -0.3 is 9.80 Å². The first-order valence-corrected chi connectivity index (χ1v) is 41.2. The lowest BCUT2D eigenvalue weighted by molar-refractivity contribution is 0.624. The minimum absolute atomic E-state index is 0.292. The van der Waals surface area contributed by atoms with Crippen LogP contribution in [0.3, 0.4) is 0 Å². The average Bonchev–Trinajstić information content (AvgIpc) is 1.54. The molecule has 18 aromatic carbocycles. The van der Waals surface area contributed by atoms with Gasteiger partial charge in [-0.15, -0.1) is 11.3 Å². The van der Waals surface area contributed by atoms with Crippen LogP contribution in [-0.2, 0) is 10.8 Å². The van der Waals surface area contributed by atoms with E-state index >= 15 is 8.78 Å². The van der Waals surface area contributed by atoms with Crippen LogP contribution >= 0.6 is 11.3 Å². The van der Waals surface area contributed by atoms with E-state index in [1.165, 1.54) is 11.1 Å². The zero-order valence-electron chi connectivity index (χ0n) is 65.0. The van der Waals surface area contributed by atoms with Gasteiger partial charge in [-0.1, -0.05) is 329 Å². The van der Waals surface area contributed by atoms with Crippen molar-refractivity contribution < 1.29 is 8.78 Å². The number of hydrogen-bond donors (Lipinski definition) is 0. The maximum atomic E-state index is 15.6. The van der Waals surface area contributed by atoms with Gasteiger partial charge in [-0.25, -0.2) is 8.78 Å². The molecule has 2 aliphatic rings. The smallest absolute Gasteiger partial charge is 0.123 e. The van der Waals surface area contributed by atoms with Gasteiger partial charge in [0.1, 0.15) is 11.6 Å². The molecule has 0 spiro atoms. The topological polar surface area (TPSA) is 6.48 Å². The van der Waals surface area contributed by atoms with Gasteiger partial charge in [0.2, 0.25) is 0 Å². The molecule has 2 aliphatic carbocycles. The number of anilines is 6. The van der Waals surface area contributed by atoms with E-state index in [0.717, 1.165) is 188 Å². The Labute approximate surface area is 696 Å². The maximum absolute atomic E-state index is 15.6. The minimum Gasteiger partial charge on any atom is -0.310 e. The van der Waals surface area contributed by atoms with Crippen molar-refractivity contribution >= 4 is 77.8 Å². The standard InChI is InChI=1S/C114H76F2N2S/c1-3-75-29-33-79(34-30-75)81-37-45-89(46-38-81)113(91-49-53-93(115)54-50-91)107-27-13-11-25-101(107)103-65-61-99(73-109(103)113)117(95-57-41-83(42-58-95)87-23-15-21-85(69-87)77-17-7-5-8-18-77)97-63-67-111-105(71-97)106-72-98(64-68-112(106)119-111)118(96-59-43-84(44-60-96)88-24-16-22-86(70-88)78-19-9-6-10-20-78)100-62-66-104-102-26-12-14-28-108(102)114(110(104)74-100,92-51-55-94(116)56-52-92)90-47-39-82(40-48-90)80-35-31-76(4-2)32-36-80/h3-74H,1-2H2. The van der Waals surface area contributed by atoms with Crippen molar-refractivity contribution in [2.45, 2.75) is 10.8 Å². The highest BCUT2D eigenvalue weighted by Gasteiger charge is 2.48. The van der Waals surface area contributed by atoms with Crippen LogP contribution in [0.25, 0.3) is 121 Å². The third-order valence-electron chi connectivity index (χ3n) is 24.5. The molecule has 0 fully saturated rings. The summed E-state index contributed by atoms with van der Waals surface area (Å²) in [6.07, 6.45) is 3.74. The lowest BCUT2D eigenvalue weighted by atomic mass is 9.67. The van der Waals surface area contributed by atoms with Crippen molar-refractivity contribution in [3.05, 3.63) is 505 Å². The largest absolute Gasteiger partial charge is 0.310 e. The molecule has 562 valence electrons. The summed E-state index contributed by atoms with van der Waals surface area (Å²) >= 11 is 1.80. The van der Waals surface area contributed by atoms with E-state index in [-0.39, 0.29) is 11.6 Å². The molecule has 0 saturated carbocycles. The first kappa shape index (κ1) is 71.9. The number of thiophene rings is 1. The van der Waals surface area contributed by atoms with Gasteiger partial charge in [0.25, 0.3) is 0 Å². The molecule has 2 unspecified atom stereocenters. The van der Waals surface area contributed by atoms with E-state index in [1.807, 2.05) is 36.4 Å². The summed E-state index contributed by atoms with van der Waals surface area (Å²) in [6, 6.07) is 151. The average molecular weight is 1540 g/mol. The van der Waals surface area contributed by atoms with Gasteiger partial charge in [0, 0.05) is 54.3 Å². The van der Waals surface area contributed by atoms with Gasteiger partial charge in [-0.2, -0.15) is 0 Å². The van der Waals surface area contributed by atoms with Gasteiger partial charge in [0.15, 0.2) is 0 Å². The Balaban J connectivity index is 0.745. The molecular formula is C114H76F2N2S. The lowest BCUT2D eigenvalue weighted by Crippen LogP contribution is -2.29.